The molecule has 0 saturated carbocycles. The van der Waals surface area contributed by atoms with Gasteiger partial charge in [-0.1, -0.05) is 35.9 Å². The van der Waals surface area contributed by atoms with Crippen LogP contribution < -0.4 is 15.5 Å². The van der Waals surface area contributed by atoms with Crippen molar-refractivity contribution in [3.05, 3.63) is 63.7 Å². The lowest BCUT2D eigenvalue weighted by molar-refractivity contribution is -0.862. The Morgan fingerprint density at radius 2 is 1.50 bits per heavy atom. The van der Waals surface area contributed by atoms with Crippen LogP contribution in [-0.2, 0) is 9.59 Å². The van der Waals surface area contributed by atoms with Crippen molar-refractivity contribution in [2.75, 3.05) is 30.8 Å². The summed E-state index contributed by atoms with van der Waals surface area (Å²) in [7, 11) is 1.67. The molecular weight excluding hydrogens is 360 g/mol. The van der Waals surface area contributed by atoms with Gasteiger partial charge in [0.25, 0.3) is 17.5 Å². The molecule has 26 heavy (non-hydrogen) atoms. The highest BCUT2D eigenvalue weighted by molar-refractivity contribution is 6.33. The van der Waals surface area contributed by atoms with Gasteiger partial charge in [0.15, 0.2) is 13.1 Å². The van der Waals surface area contributed by atoms with E-state index in [1.807, 2.05) is 0 Å². The highest BCUT2D eigenvalue weighted by Crippen LogP contribution is 2.22. The number of carbonyl (C=O) groups excluding carboxylic acids is 2. The summed E-state index contributed by atoms with van der Waals surface area (Å²) in [6.45, 7) is 0.0114. The lowest BCUT2D eigenvalue weighted by Gasteiger charge is -2.14. The first kappa shape index (κ1) is 19.4. The van der Waals surface area contributed by atoms with Crippen LogP contribution >= 0.6 is 11.6 Å². The summed E-state index contributed by atoms with van der Waals surface area (Å²) in [5, 5.41) is 16.6. The topological polar surface area (TPSA) is 106 Å². The van der Waals surface area contributed by atoms with Crippen molar-refractivity contribution in [2.24, 2.45) is 0 Å². The molecule has 0 heterocycles. The highest BCUT2D eigenvalue weighted by Gasteiger charge is 2.18. The lowest BCUT2D eigenvalue weighted by Crippen LogP contribution is -3.11. The number of anilines is 2. The highest BCUT2D eigenvalue weighted by atomic mass is 35.5. The van der Waals surface area contributed by atoms with E-state index in [4.69, 9.17) is 11.6 Å². The van der Waals surface area contributed by atoms with Crippen molar-refractivity contribution < 1.29 is 19.4 Å². The predicted octanol–water partition coefficient (Wildman–Crippen LogP) is 1.34. The van der Waals surface area contributed by atoms with E-state index in [0.29, 0.717) is 15.6 Å². The SMILES string of the molecule is C[NH+](CC(=O)Nc1ccccc1Cl)CC(=O)Nc1ccccc1[N+](=O)[O-]. The van der Waals surface area contributed by atoms with E-state index in [0.717, 1.165) is 0 Å². The van der Waals surface area contributed by atoms with E-state index in [-0.39, 0.29) is 30.4 Å². The van der Waals surface area contributed by atoms with E-state index >= 15 is 0 Å². The fourth-order valence-electron chi connectivity index (χ4n) is 2.30. The number of hydrogen-bond donors (Lipinski definition) is 3. The number of nitro groups is 1. The van der Waals surface area contributed by atoms with Gasteiger partial charge in [-0.05, 0) is 18.2 Å². The van der Waals surface area contributed by atoms with Crippen LogP contribution in [0.1, 0.15) is 0 Å². The van der Waals surface area contributed by atoms with Gasteiger partial charge in [-0.25, -0.2) is 0 Å². The van der Waals surface area contributed by atoms with Gasteiger partial charge in [0.05, 0.1) is 22.7 Å². The van der Waals surface area contributed by atoms with Crippen LogP contribution in [0.3, 0.4) is 0 Å². The predicted molar refractivity (Wildman–Crippen MR) is 98.4 cm³/mol. The maximum atomic E-state index is 12.1. The summed E-state index contributed by atoms with van der Waals surface area (Å²) in [5.41, 5.74) is 0.433. The number of hydrogen-bond acceptors (Lipinski definition) is 4. The molecule has 0 fully saturated rings. The molecule has 0 saturated heterocycles. The molecule has 1 atom stereocenters. The second kappa shape index (κ2) is 8.93. The Balaban J connectivity index is 1.88. The molecule has 0 bridgehead atoms. The van der Waals surface area contributed by atoms with Gasteiger partial charge in [0.1, 0.15) is 5.69 Å². The molecule has 0 radical (unpaired) electrons. The Morgan fingerprint density at radius 1 is 1.00 bits per heavy atom. The number of para-hydroxylation sites is 3. The molecule has 9 heteroatoms. The summed E-state index contributed by atoms with van der Waals surface area (Å²) in [5.74, 6) is -0.726. The molecule has 0 spiro atoms. The number of nitrogens with zero attached hydrogens (tertiary/aromatic N) is 1. The summed E-state index contributed by atoms with van der Waals surface area (Å²) >= 11 is 5.98. The number of nitrogens with one attached hydrogen (secondary N) is 3. The van der Waals surface area contributed by atoms with Crippen molar-refractivity contribution in [1.82, 2.24) is 0 Å². The third-order valence-corrected chi connectivity index (χ3v) is 3.78. The van der Waals surface area contributed by atoms with Crippen LogP contribution in [0, 0.1) is 10.1 Å². The monoisotopic (exact) mass is 377 g/mol. The Hall–Kier alpha value is -2.97. The minimum absolute atomic E-state index is 0.0258. The Labute approximate surface area is 154 Å². The fraction of sp³-hybridized carbons (Fsp3) is 0.176. The number of halogens is 1. The number of rotatable bonds is 7. The molecule has 136 valence electrons. The van der Waals surface area contributed by atoms with Gasteiger partial charge in [0, 0.05) is 6.07 Å². The molecule has 0 aliphatic heterocycles. The zero-order chi connectivity index (χ0) is 19.1. The number of nitro benzene ring substituents is 1. The van der Waals surface area contributed by atoms with E-state index in [2.05, 4.69) is 10.6 Å². The normalized spacial score (nSPS) is 11.5. The molecule has 2 amide bonds. The lowest BCUT2D eigenvalue weighted by atomic mass is 10.2. The largest absolute Gasteiger partial charge is 0.322 e. The van der Waals surface area contributed by atoms with Gasteiger partial charge in [-0.3, -0.25) is 19.7 Å². The van der Waals surface area contributed by atoms with Crippen LogP contribution in [0.5, 0.6) is 0 Å². The first-order valence-electron chi connectivity index (χ1n) is 7.75. The number of carbonyl (C=O) groups is 2. The van der Waals surface area contributed by atoms with E-state index in [1.165, 1.54) is 18.2 Å². The Kier molecular flexibility index (Phi) is 6.65. The molecule has 0 aromatic heterocycles. The average molecular weight is 378 g/mol. The summed E-state index contributed by atoms with van der Waals surface area (Å²) in [6, 6.07) is 12.7. The van der Waals surface area contributed by atoms with Crippen LogP contribution in [0.2, 0.25) is 5.02 Å². The van der Waals surface area contributed by atoms with Crippen LogP contribution in [-0.4, -0.2) is 36.9 Å². The maximum absolute atomic E-state index is 12.1. The second-order valence-corrected chi connectivity index (χ2v) is 6.07. The van der Waals surface area contributed by atoms with Gasteiger partial charge < -0.3 is 15.5 Å². The van der Waals surface area contributed by atoms with Crippen molar-refractivity contribution in [2.45, 2.75) is 0 Å². The first-order chi connectivity index (χ1) is 12.4. The van der Waals surface area contributed by atoms with Gasteiger partial charge in [0.2, 0.25) is 0 Å². The van der Waals surface area contributed by atoms with E-state index in [1.54, 1.807) is 37.4 Å². The number of benzene rings is 2. The minimum atomic E-state index is -0.566. The zero-order valence-corrected chi connectivity index (χ0v) is 14.7. The Bertz CT molecular complexity index is 828. The van der Waals surface area contributed by atoms with Crippen molar-refractivity contribution >= 4 is 40.5 Å². The van der Waals surface area contributed by atoms with E-state index < -0.39 is 10.8 Å². The van der Waals surface area contributed by atoms with Gasteiger partial charge in [-0.15, -0.1) is 0 Å². The standard InChI is InChI=1S/C17H17ClN4O4/c1-21(10-16(23)19-13-7-3-2-6-12(13)18)11-17(24)20-14-8-4-5-9-15(14)22(25)26/h2-9H,10-11H2,1H3,(H,19,23)(H,20,24)/p+1. The maximum Gasteiger partial charge on any atom is 0.292 e. The molecule has 1 unspecified atom stereocenters. The fourth-order valence-corrected chi connectivity index (χ4v) is 2.48. The third-order valence-electron chi connectivity index (χ3n) is 3.45. The van der Waals surface area contributed by atoms with Crippen molar-refractivity contribution in [3.8, 4) is 0 Å². The number of quaternary nitrogens is 1. The molecule has 0 aliphatic carbocycles. The summed E-state index contributed by atoms with van der Waals surface area (Å²) < 4.78 is 0. The molecule has 2 aromatic carbocycles. The van der Waals surface area contributed by atoms with E-state index in [9.17, 15) is 19.7 Å². The van der Waals surface area contributed by atoms with Crippen molar-refractivity contribution in [1.29, 1.82) is 0 Å². The summed E-state index contributed by atoms with van der Waals surface area (Å²) in [4.78, 5) is 35.1. The molecule has 3 N–H and O–H groups in total. The molecular formula is C17H18ClN4O4+. The van der Waals surface area contributed by atoms with Crippen LogP contribution in [0.15, 0.2) is 48.5 Å². The number of likely N-dealkylation sites (N-methyl/N-ethyl adjacent to an activating group) is 1. The minimum Gasteiger partial charge on any atom is -0.322 e. The van der Waals surface area contributed by atoms with Crippen molar-refractivity contribution in [3.63, 3.8) is 0 Å². The average Bonchev–Trinajstić information content (AvgIpc) is 2.56. The molecule has 8 nitrogen and oxygen atoms in total. The zero-order valence-electron chi connectivity index (χ0n) is 14.0. The molecule has 2 rings (SSSR count). The second-order valence-electron chi connectivity index (χ2n) is 5.66. The molecule has 0 aliphatic rings. The number of amides is 2. The third kappa shape index (κ3) is 5.54. The molecule has 2 aromatic rings. The smallest absolute Gasteiger partial charge is 0.292 e. The van der Waals surface area contributed by atoms with Crippen LogP contribution in [0.4, 0.5) is 17.1 Å². The quantitative estimate of drug-likeness (QED) is 0.500. The van der Waals surface area contributed by atoms with Gasteiger partial charge >= 0.3 is 0 Å². The van der Waals surface area contributed by atoms with Gasteiger partial charge in [-0.2, -0.15) is 0 Å². The Morgan fingerprint density at radius 3 is 2.08 bits per heavy atom. The van der Waals surface area contributed by atoms with Crippen LogP contribution in [0.25, 0.3) is 0 Å². The summed E-state index contributed by atoms with van der Waals surface area (Å²) in [6.07, 6.45) is 0. The first-order valence-corrected chi connectivity index (χ1v) is 8.13.